The van der Waals surface area contributed by atoms with Gasteiger partial charge < -0.3 is 9.80 Å². The molecule has 1 aliphatic rings. The topological polar surface area (TPSA) is 19.4 Å². The number of aromatic nitrogens is 1. The molecule has 0 bridgehead atoms. The van der Waals surface area contributed by atoms with E-state index in [1.165, 1.54) is 0 Å². The number of anilines is 2. The number of halogens is 3. The van der Waals surface area contributed by atoms with Gasteiger partial charge >= 0.3 is 0 Å². The molecular weight excluding hydrogens is 373 g/mol. The van der Waals surface area contributed by atoms with Crippen LogP contribution in [0, 0.1) is 0 Å². The molecule has 1 fully saturated rings. The van der Waals surface area contributed by atoms with Crippen molar-refractivity contribution in [2.45, 2.75) is 0 Å². The normalized spacial score (nSPS) is 15.4. The van der Waals surface area contributed by atoms with E-state index in [0.29, 0.717) is 5.02 Å². The molecule has 1 aliphatic heterocycles. The van der Waals surface area contributed by atoms with E-state index in [1.54, 1.807) is 6.20 Å². The summed E-state index contributed by atoms with van der Waals surface area (Å²) in [6.45, 7) is 3.55. The van der Waals surface area contributed by atoms with E-state index in [-0.39, 0.29) is 0 Å². The maximum absolute atomic E-state index is 6.27. The lowest BCUT2D eigenvalue weighted by molar-refractivity contribution is 0.647. The van der Waals surface area contributed by atoms with Gasteiger partial charge in [0.05, 0.1) is 15.7 Å². The second kappa shape index (κ2) is 6.42. The zero-order valence-electron chi connectivity index (χ0n) is 11.3. The molecule has 6 heteroatoms. The fraction of sp³-hybridized carbons (Fsp3) is 0.267. The summed E-state index contributed by atoms with van der Waals surface area (Å²) in [6, 6.07) is 9.83. The molecular formula is C15H14BrCl2N3. The van der Waals surface area contributed by atoms with Crippen molar-refractivity contribution in [3.63, 3.8) is 0 Å². The summed E-state index contributed by atoms with van der Waals surface area (Å²) in [6.07, 6.45) is 1.78. The van der Waals surface area contributed by atoms with Gasteiger partial charge in [0.1, 0.15) is 5.82 Å². The molecule has 1 saturated heterocycles. The molecule has 1 aromatic heterocycles. The molecule has 0 N–H and O–H groups in total. The Morgan fingerprint density at radius 2 is 1.62 bits per heavy atom. The Hall–Kier alpha value is -0.970. The Bertz CT molecular complexity index is 643. The highest BCUT2D eigenvalue weighted by Crippen LogP contribution is 2.29. The number of hydrogen-bond acceptors (Lipinski definition) is 3. The lowest BCUT2D eigenvalue weighted by atomic mass is 10.2. The van der Waals surface area contributed by atoms with Gasteiger partial charge in [0.25, 0.3) is 0 Å². The van der Waals surface area contributed by atoms with Gasteiger partial charge in [0.2, 0.25) is 0 Å². The Labute approximate surface area is 142 Å². The second-order valence-corrected chi connectivity index (χ2v) is 6.61. The summed E-state index contributed by atoms with van der Waals surface area (Å²) >= 11 is 15.9. The van der Waals surface area contributed by atoms with Crippen LogP contribution in [0.2, 0.25) is 10.0 Å². The van der Waals surface area contributed by atoms with E-state index in [1.807, 2.05) is 24.3 Å². The van der Waals surface area contributed by atoms with Crippen molar-refractivity contribution in [1.29, 1.82) is 0 Å². The molecule has 3 nitrogen and oxygen atoms in total. The number of nitrogens with zero attached hydrogens (tertiary/aromatic N) is 3. The molecule has 1 aromatic carbocycles. The van der Waals surface area contributed by atoms with Crippen LogP contribution in [-0.4, -0.2) is 31.2 Å². The Morgan fingerprint density at radius 3 is 2.29 bits per heavy atom. The van der Waals surface area contributed by atoms with Gasteiger partial charge in [-0.25, -0.2) is 4.98 Å². The van der Waals surface area contributed by atoms with E-state index in [0.717, 1.165) is 47.2 Å². The standard InChI is InChI=1S/C15H14BrCl2N3/c16-11-9-13(18)15(19-10-11)21-7-5-20(6-8-21)14-4-2-1-3-12(14)17/h1-4,9-10H,5-8H2. The molecule has 110 valence electrons. The molecule has 0 unspecified atom stereocenters. The Morgan fingerprint density at radius 1 is 0.952 bits per heavy atom. The number of rotatable bonds is 2. The third-order valence-electron chi connectivity index (χ3n) is 3.56. The number of piperazine rings is 1. The largest absolute Gasteiger partial charge is 0.367 e. The minimum Gasteiger partial charge on any atom is -0.367 e. The van der Waals surface area contributed by atoms with Crippen molar-refractivity contribution < 1.29 is 0 Å². The minimum atomic E-state index is 0.676. The molecule has 3 rings (SSSR count). The van der Waals surface area contributed by atoms with Gasteiger partial charge in [-0.05, 0) is 34.1 Å². The highest BCUT2D eigenvalue weighted by Gasteiger charge is 2.21. The fourth-order valence-corrected chi connectivity index (χ4v) is 3.51. The van der Waals surface area contributed by atoms with Crippen LogP contribution in [0.5, 0.6) is 0 Å². The predicted molar refractivity (Wildman–Crippen MR) is 92.8 cm³/mol. The Balaban J connectivity index is 1.72. The third kappa shape index (κ3) is 3.28. The van der Waals surface area contributed by atoms with Gasteiger partial charge in [-0.3, -0.25) is 0 Å². The Kier molecular flexibility index (Phi) is 4.57. The zero-order chi connectivity index (χ0) is 14.8. The minimum absolute atomic E-state index is 0.676. The van der Waals surface area contributed by atoms with Gasteiger partial charge in [-0.1, -0.05) is 35.3 Å². The van der Waals surface area contributed by atoms with Crippen LogP contribution in [0.1, 0.15) is 0 Å². The first kappa shape index (κ1) is 14.9. The van der Waals surface area contributed by atoms with E-state index in [9.17, 15) is 0 Å². The zero-order valence-corrected chi connectivity index (χ0v) is 14.4. The first-order valence-electron chi connectivity index (χ1n) is 6.70. The van der Waals surface area contributed by atoms with Crippen molar-refractivity contribution in [2.75, 3.05) is 36.0 Å². The predicted octanol–water partition coefficient (Wildman–Crippen LogP) is 4.48. The number of para-hydroxylation sites is 1. The van der Waals surface area contributed by atoms with Crippen LogP contribution >= 0.6 is 39.1 Å². The highest BCUT2D eigenvalue weighted by molar-refractivity contribution is 9.10. The summed E-state index contributed by atoms with van der Waals surface area (Å²) in [5, 5.41) is 1.47. The highest BCUT2D eigenvalue weighted by atomic mass is 79.9. The smallest absolute Gasteiger partial charge is 0.147 e. The average Bonchev–Trinajstić information content (AvgIpc) is 2.48. The monoisotopic (exact) mass is 385 g/mol. The van der Waals surface area contributed by atoms with Crippen LogP contribution in [0.4, 0.5) is 11.5 Å². The lowest BCUT2D eigenvalue weighted by Gasteiger charge is -2.37. The van der Waals surface area contributed by atoms with Crippen LogP contribution in [-0.2, 0) is 0 Å². The lowest BCUT2D eigenvalue weighted by Crippen LogP contribution is -2.47. The van der Waals surface area contributed by atoms with E-state index < -0.39 is 0 Å². The van der Waals surface area contributed by atoms with Gasteiger partial charge in [0, 0.05) is 36.8 Å². The molecule has 0 atom stereocenters. The van der Waals surface area contributed by atoms with Crippen molar-refractivity contribution in [3.05, 3.63) is 51.0 Å². The quantitative estimate of drug-likeness (QED) is 0.758. The van der Waals surface area contributed by atoms with Crippen LogP contribution < -0.4 is 9.80 Å². The van der Waals surface area contributed by atoms with Crippen LogP contribution in [0.25, 0.3) is 0 Å². The van der Waals surface area contributed by atoms with E-state index in [2.05, 4.69) is 36.8 Å². The van der Waals surface area contributed by atoms with E-state index in [4.69, 9.17) is 23.2 Å². The first-order chi connectivity index (χ1) is 10.1. The maximum atomic E-state index is 6.27. The van der Waals surface area contributed by atoms with Crippen molar-refractivity contribution >= 4 is 50.6 Å². The summed E-state index contributed by atoms with van der Waals surface area (Å²) in [5.74, 6) is 0.846. The molecule has 2 heterocycles. The molecule has 2 aromatic rings. The van der Waals surface area contributed by atoms with Crippen molar-refractivity contribution in [2.24, 2.45) is 0 Å². The van der Waals surface area contributed by atoms with Crippen LogP contribution in [0.3, 0.4) is 0 Å². The number of hydrogen-bond donors (Lipinski definition) is 0. The van der Waals surface area contributed by atoms with Crippen molar-refractivity contribution in [3.8, 4) is 0 Å². The van der Waals surface area contributed by atoms with Gasteiger partial charge in [-0.15, -0.1) is 0 Å². The molecule has 0 radical (unpaired) electrons. The number of benzene rings is 1. The molecule has 0 aliphatic carbocycles. The first-order valence-corrected chi connectivity index (χ1v) is 8.25. The summed E-state index contributed by atoms with van der Waals surface area (Å²) in [7, 11) is 0. The maximum Gasteiger partial charge on any atom is 0.147 e. The average molecular weight is 387 g/mol. The molecule has 0 saturated carbocycles. The molecule has 0 amide bonds. The summed E-state index contributed by atoms with van der Waals surface area (Å²) in [4.78, 5) is 8.93. The fourth-order valence-electron chi connectivity index (χ4n) is 2.51. The molecule has 0 spiro atoms. The molecule has 21 heavy (non-hydrogen) atoms. The van der Waals surface area contributed by atoms with Gasteiger partial charge in [-0.2, -0.15) is 0 Å². The summed E-state index contributed by atoms with van der Waals surface area (Å²) < 4.78 is 0.894. The SMILES string of the molecule is Clc1ccccc1N1CCN(c2ncc(Br)cc2Cl)CC1. The van der Waals surface area contributed by atoms with Crippen molar-refractivity contribution in [1.82, 2.24) is 4.98 Å². The van der Waals surface area contributed by atoms with Gasteiger partial charge in [0.15, 0.2) is 0 Å². The second-order valence-electron chi connectivity index (χ2n) is 4.88. The summed E-state index contributed by atoms with van der Waals surface area (Å²) in [5.41, 5.74) is 1.09. The van der Waals surface area contributed by atoms with Crippen LogP contribution in [0.15, 0.2) is 41.0 Å². The number of pyridine rings is 1. The third-order valence-corrected chi connectivity index (χ3v) is 4.59. The van der Waals surface area contributed by atoms with E-state index >= 15 is 0 Å².